The number of carbonyl (C=O) groups is 3. The minimum absolute atomic E-state index is 0.00197. The highest BCUT2D eigenvalue weighted by Crippen LogP contribution is 2.49. The monoisotopic (exact) mass is 445 g/mol. The van der Waals surface area contributed by atoms with Gasteiger partial charge in [-0.25, -0.2) is 0 Å². The molecule has 7 nitrogen and oxygen atoms in total. The van der Waals surface area contributed by atoms with Crippen molar-refractivity contribution in [2.24, 2.45) is 0 Å². The SMILES string of the molecule is COC1=CC2(C(OC)=CC1=O)C(c1ccccc1)=C(C(=O)c1ccc(OC)cc1)C(=O)N2C. The van der Waals surface area contributed by atoms with Crippen LogP contribution in [0.25, 0.3) is 5.57 Å². The van der Waals surface area contributed by atoms with E-state index < -0.39 is 17.2 Å². The summed E-state index contributed by atoms with van der Waals surface area (Å²) in [5.41, 5.74) is 0.0773. The highest BCUT2D eigenvalue weighted by molar-refractivity contribution is 6.33. The molecule has 2 aliphatic rings. The largest absolute Gasteiger partial charge is 0.498 e. The first-order chi connectivity index (χ1) is 15.9. The highest BCUT2D eigenvalue weighted by atomic mass is 16.5. The number of amides is 1. The lowest BCUT2D eigenvalue weighted by atomic mass is 9.78. The molecule has 4 rings (SSSR count). The Kier molecular flexibility index (Phi) is 5.64. The molecule has 0 radical (unpaired) electrons. The van der Waals surface area contributed by atoms with Crippen molar-refractivity contribution in [1.29, 1.82) is 0 Å². The molecule has 0 bridgehead atoms. The van der Waals surface area contributed by atoms with Crippen molar-refractivity contribution in [2.45, 2.75) is 5.54 Å². The van der Waals surface area contributed by atoms with Gasteiger partial charge < -0.3 is 19.1 Å². The second-order valence-corrected chi connectivity index (χ2v) is 7.59. The van der Waals surface area contributed by atoms with Crippen molar-refractivity contribution < 1.29 is 28.6 Å². The third-order valence-electron chi connectivity index (χ3n) is 5.98. The van der Waals surface area contributed by atoms with Gasteiger partial charge >= 0.3 is 0 Å². The number of Topliss-reactive ketones (excluding diaryl/α,β-unsaturated/α-hetero) is 1. The van der Waals surface area contributed by atoms with Crippen LogP contribution >= 0.6 is 0 Å². The third-order valence-corrected chi connectivity index (χ3v) is 5.98. The summed E-state index contributed by atoms with van der Waals surface area (Å²) in [7, 11) is 5.92. The van der Waals surface area contributed by atoms with E-state index in [1.165, 1.54) is 32.3 Å². The Bertz CT molecular complexity index is 1220. The fraction of sp³-hybridized carbons (Fsp3) is 0.192. The second-order valence-electron chi connectivity index (χ2n) is 7.59. The third kappa shape index (κ3) is 3.33. The Morgan fingerprint density at radius 3 is 2.12 bits per heavy atom. The van der Waals surface area contributed by atoms with Crippen LogP contribution in [0.5, 0.6) is 5.75 Å². The number of ketones is 2. The van der Waals surface area contributed by atoms with Crippen molar-refractivity contribution in [3.05, 3.63) is 95.0 Å². The molecule has 2 aromatic rings. The van der Waals surface area contributed by atoms with Gasteiger partial charge in [0, 0.05) is 24.3 Å². The molecule has 0 saturated carbocycles. The molecule has 1 spiro atoms. The van der Waals surface area contributed by atoms with E-state index in [0.29, 0.717) is 22.4 Å². The van der Waals surface area contributed by atoms with Gasteiger partial charge in [-0.05, 0) is 35.9 Å². The number of nitrogens with zero attached hydrogens (tertiary/aromatic N) is 1. The van der Waals surface area contributed by atoms with Crippen LogP contribution in [0.1, 0.15) is 15.9 Å². The molecule has 0 saturated heterocycles. The van der Waals surface area contributed by atoms with E-state index >= 15 is 0 Å². The number of rotatable bonds is 6. The van der Waals surface area contributed by atoms with Crippen LogP contribution in [-0.4, -0.2) is 56.3 Å². The van der Waals surface area contributed by atoms with E-state index in [1.807, 2.05) is 30.3 Å². The number of methoxy groups -OCH3 is 3. The number of hydrogen-bond acceptors (Lipinski definition) is 6. The van der Waals surface area contributed by atoms with E-state index in [1.54, 1.807) is 37.4 Å². The first-order valence-corrected chi connectivity index (χ1v) is 10.2. The Morgan fingerprint density at radius 1 is 0.879 bits per heavy atom. The topological polar surface area (TPSA) is 82.1 Å². The molecule has 1 amide bonds. The Balaban J connectivity index is 2.03. The molecule has 1 unspecified atom stereocenters. The molecular weight excluding hydrogens is 422 g/mol. The molecule has 1 atom stereocenters. The molecule has 7 heteroatoms. The lowest BCUT2D eigenvalue weighted by Crippen LogP contribution is -2.48. The van der Waals surface area contributed by atoms with Crippen LogP contribution < -0.4 is 4.74 Å². The van der Waals surface area contributed by atoms with Gasteiger partial charge in [-0.2, -0.15) is 0 Å². The first-order valence-electron chi connectivity index (χ1n) is 10.2. The summed E-state index contributed by atoms with van der Waals surface area (Å²) in [6, 6.07) is 15.7. The highest BCUT2D eigenvalue weighted by Gasteiger charge is 2.56. The summed E-state index contributed by atoms with van der Waals surface area (Å²) in [6.45, 7) is 0. The number of allylic oxidation sites excluding steroid dienone is 1. The van der Waals surface area contributed by atoms with Crippen molar-refractivity contribution in [2.75, 3.05) is 28.4 Å². The van der Waals surface area contributed by atoms with Crippen LogP contribution in [-0.2, 0) is 19.1 Å². The number of likely N-dealkylation sites (N-methyl/N-ethyl adjacent to an activating group) is 1. The van der Waals surface area contributed by atoms with Gasteiger partial charge in [0.05, 0.1) is 26.9 Å². The predicted octanol–water partition coefficient (Wildman–Crippen LogP) is 3.19. The molecule has 0 fully saturated rings. The fourth-order valence-electron chi connectivity index (χ4n) is 4.32. The van der Waals surface area contributed by atoms with E-state index in [0.717, 1.165) is 0 Å². The maximum Gasteiger partial charge on any atom is 0.259 e. The lowest BCUT2D eigenvalue weighted by Gasteiger charge is -2.39. The van der Waals surface area contributed by atoms with Gasteiger partial charge in [0.15, 0.2) is 11.5 Å². The van der Waals surface area contributed by atoms with Crippen LogP contribution in [0.3, 0.4) is 0 Å². The van der Waals surface area contributed by atoms with Crippen LogP contribution in [0.4, 0.5) is 0 Å². The van der Waals surface area contributed by atoms with Crippen molar-refractivity contribution in [3.63, 3.8) is 0 Å². The molecule has 1 aliphatic carbocycles. The fourth-order valence-corrected chi connectivity index (χ4v) is 4.32. The average molecular weight is 445 g/mol. The van der Waals surface area contributed by atoms with Gasteiger partial charge in [0.2, 0.25) is 5.78 Å². The molecule has 1 heterocycles. The summed E-state index contributed by atoms with van der Waals surface area (Å²) < 4.78 is 16.1. The van der Waals surface area contributed by atoms with E-state index in [-0.39, 0.29) is 22.9 Å². The minimum Gasteiger partial charge on any atom is -0.498 e. The normalized spacial score (nSPS) is 20.1. The van der Waals surface area contributed by atoms with Crippen LogP contribution in [0.15, 0.2) is 83.8 Å². The van der Waals surface area contributed by atoms with E-state index in [2.05, 4.69) is 0 Å². The standard InChI is InChI=1S/C26H23NO6/c1-27-25(30)22(24(29)17-10-12-18(31-2)13-11-17)23(16-8-6-5-7-9-16)26(27)15-20(32-3)19(28)14-21(26)33-4/h5-15H,1-4H3. The Labute approximate surface area is 191 Å². The molecule has 0 aromatic heterocycles. The molecule has 1 aliphatic heterocycles. The second kappa shape index (κ2) is 8.43. The summed E-state index contributed by atoms with van der Waals surface area (Å²) >= 11 is 0. The summed E-state index contributed by atoms with van der Waals surface area (Å²) in [6.07, 6.45) is 2.84. The minimum atomic E-state index is -1.33. The summed E-state index contributed by atoms with van der Waals surface area (Å²) in [4.78, 5) is 41.2. The lowest BCUT2D eigenvalue weighted by molar-refractivity contribution is -0.127. The Hall–Kier alpha value is -4.13. The number of benzene rings is 2. The molecule has 168 valence electrons. The van der Waals surface area contributed by atoms with Crippen molar-refractivity contribution in [1.82, 2.24) is 4.90 Å². The predicted molar refractivity (Wildman–Crippen MR) is 121 cm³/mol. The van der Waals surface area contributed by atoms with Crippen LogP contribution in [0.2, 0.25) is 0 Å². The Morgan fingerprint density at radius 2 is 1.55 bits per heavy atom. The molecular formula is C26H23NO6. The molecule has 33 heavy (non-hydrogen) atoms. The molecule has 2 aromatic carbocycles. The van der Waals surface area contributed by atoms with E-state index in [4.69, 9.17) is 14.2 Å². The quantitative estimate of drug-likeness (QED) is 0.502. The van der Waals surface area contributed by atoms with Crippen LogP contribution in [0, 0.1) is 0 Å². The number of carbonyl (C=O) groups excluding carboxylic acids is 3. The zero-order valence-corrected chi connectivity index (χ0v) is 18.7. The number of ether oxygens (including phenoxy) is 3. The van der Waals surface area contributed by atoms with Crippen molar-refractivity contribution in [3.8, 4) is 5.75 Å². The first kappa shape index (κ1) is 22.1. The zero-order chi connectivity index (χ0) is 23.8. The van der Waals surface area contributed by atoms with Gasteiger partial charge in [-0.1, -0.05) is 30.3 Å². The van der Waals surface area contributed by atoms with E-state index in [9.17, 15) is 14.4 Å². The summed E-state index contributed by atoms with van der Waals surface area (Å²) in [5.74, 6) is -0.437. The maximum absolute atomic E-state index is 13.7. The van der Waals surface area contributed by atoms with Gasteiger partial charge in [-0.3, -0.25) is 14.4 Å². The average Bonchev–Trinajstić information content (AvgIpc) is 3.07. The van der Waals surface area contributed by atoms with Gasteiger partial charge in [0.1, 0.15) is 17.0 Å². The van der Waals surface area contributed by atoms with Gasteiger partial charge in [0.25, 0.3) is 5.91 Å². The molecule has 0 N–H and O–H groups in total. The summed E-state index contributed by atoms with van der Waals surface area (Å²) in [5, 5.41) is 0. The number of hydrogen-bond donors (Lipinski definition) is 0. The maximum atomic E-state index is 13.7. The smallest absolute Gasteiger partial charge is 0.259 e. The van der Waals surface area contributed by atoms with Gasteiger partial charge in [-0.15, -0.1) is 0 Å². The van der Waals surface area contributed by atoms with Crippen molar-refractivity contribution >= 4 is 23.0 Å². The zero-order valence-electron chi connectivity index (χ0n) is 18.7.